The zero-order chi connectivity index (χ0) is 24.8. The number of carbonyl (C=O) groups is 2. The molecule has 1 amide bonds. The molecule has 0 unspecified atom stereocenters. The second-order valence-corrected chi connectivity index (χ2v) is 8.66. The fourth-order valence-electron chi connectivity index (χ4n) is 3.79. The molecule has 7 nitrogen and oxygen atoms in total. The SMILES string of the molecule is C=CCOc1ccc(/C(O)=C2\C(=O)C(=O)N(CCN(C)C)[C@H]2c2ccc(OC(C)C)cc2)cc1. The molecule has 1 fully saturated rings. The second-order valence-electron chi connectivity index (χ2n) is 8.66. The first-order valence-electron chi connectivity index (χ1n) is 11.3. The first-order valence-corrected chi connectivity index (χ1v) is 11.3. The number of ether oxygens (including phenoxy) is 2. The van der Waals surface area contributed by atoms with Crippen LogP contribution >= 0.6 is 0 Å². The lowest BCUT2D eigenvalue weighted by atomic mass is 9.95. The highest BCUT2D eigenvalue weighted by molar-refractivity contribution is 6.46. The van der Waals surface area contributed by atoms with E-state index in [1.54, 1.807) is 30.3 Å². The number of hydrogen-bond acceptors (Lipinski definition) is 6. The monoisotopic (exact) mass is 464 g/mol. The summed E-state index contributed by atoms with van der Waals surface area (Å²) in [5, 5.41) is 11.2. The number of Topliss-reactive ketones (excluding diaryl/α,β-unsaturated/α-hetero) is 1. The molecule has 0 saturated carbocycles. The van der Waals surface area contributed by atoms with Gasteiger partial charge in [-0.05, 0) is 69.9 Å². The molecule has 0 aliphatic carbocycles. The number of nitrogens with zero attached hydrogens (tertiary/aromatic N) is 2. The molecule has 7 heteroatoms. The van der Waals surface area contributed by atoms with Gasteiger partial charge in [0, 0.05) is 18.7 Å². The van der Waals surface area contributed by atoms with Gasteiger partial charge in [-0.2, -0.15) is 0 Å². The predicted octanol–water partition coefficient (Wildman–Crippen LogP) is 4.02. The molecule has 2 aromatic rings. The van der Waals surface area contributed by atoms with E-state index in [1.165, 1.54) is 4.90 Å². The van der Waals surface area contributed by atoms with Crippen LogP contribution in [0.15, 0.2) is 66.8 Å². The molecule has 1 atom stereocenters. The number of rotatable bonds is 10. The minimum absolute atomic E-state index is 0.0232. The lowest BCUT2D eigenvalue weighted by molar-refractivity contribution is -0.140. The van der Waals surface area contributed by atoms with E-state index in [0.717, 1.165) is 5.56 Å². The summed E-state index contributed by atoms with van der Waals surface area (Å²) in [7, 11) is 3.80. The molecule has 34 heavy (non-hydrogen) atoms. The lowest BCUT2D eigenvalue weighted by Gasteiger charge is -2.26. The van der Waals surface area contributed by atoms with Crippen LogP contribution in [0.2, 0.25) is 0 Å². The number of benzene rings is 2. The Morgan fingerprint density at radius 2 is 1.71 bits per heavy atom. The van der Waals surface area contributed by atoms with E-state index in [0.29, 0.717) is 36.8 Å². The zero-order valence-electron chi connectivity index (χ0n) is 20.2. The van der Waals surface area contributed by atoms with Crippen molar-refractivity contribution in [3.63, 3.8) is 0 Å². The predicted molar refractivity (Wildman–Crippen MR) is 132 cm³/mol. The lowest BCUT2D eigenvalue weighted by Crippen LogP contribution is -2.35. The van der Waals surface area contributed by atoms with Crippen LogP contribution < -0.4 is 9.47 Å². The minimum atomic E-state index is -0.704. The molecular weight excluding hydrogens is 432 g/mol. The Labute approximate surface area is 200 Å². The smallest absolute Gasteiger partial charge is 0.295 e. The van der Waals surface area contributed by atoms with Crippen molar-refractivity contribution in [2.24, 2.45) is 0 Å². The van der Waals surface area contributed by atoms with Gasteiger partial charge in [-0.15, -0.1) is 0 Å². The Morgan fingerprint density at radius 3 is 2.26 bits per heavy atom. The zero-order valence-corrected chi connectivity index (χ0v) is 20.2. The van der Waals surface area contributed by atoms with Gasteiger partial charge in [0.05, 0.1) is 17.7 Å². The van der Waals surface area contributed by atoms with E-state index in [-0.39, 0.29) is 17.4 Å². The molecule has 1 aliphatic rings. The highest BCUT2D eigenvalue weighted by Gasteiger charge is 2.45. The summed E-state index contributed by atoms with van der Waals surface area (Å²) in [6, 6.07) is 13.3. The van der Waals surface area contributed by atoms with Crippen LogP contribution in [0.1, 0.15) is 31.0 Å². The van der Waals surface area contributed by atoms with Crippen molar-refractivity contribution in [2.75, 3.05) is 33.8 Å². The van der Waals surface area contributed by atoms with Crippen LogP contribution in [0.25, 0.3) is 5.76 Å². The highest BCUT2D eigenvalue weighted by atomic mass is 16.5. The van der Waals surface area contributed by atoms with Gasteiger partial charge in [-0.1, -0.05) is 24.8 Å². The molecule has 0 radical (unpaired) electrons. The minimum Gasteiger partial charge on any atom is -0.507 e. The van der Waals surface area contributed by atoms with Gasteiger partial charge in [-0.3, -0.25) is 9.59 Å². The van der Waals surface area contributed by atoms with E-state index >= 15 is 0 Å². The van der Waals surface area contributed by atoms with Crippen molar-refractivity contribution in [3.8, 4) is 11.5 Å². The topological polar surface area (TPSA) is 79.3 Å². The fourth-order valence-corrected chi connectivity index (χ4v) is 3.79. The van der Waals surface area contributed by atoms with E-state index in [9.17, 15) is 14.7 Å². The van der Waals surface area contributed by atoms with Gasteiger partial charge < -0.3 is 24.4 Å². The average molecular weight is 465 g/mol. The largest absolute Gasteiger partial charge is 0.507 e. The summed E-state index contributed by atoms with van der Waals surface area (Å²) in [4.78, 5) is 29.6. The number of aliphatic hydroxyl groups excluding tert-OH is 1. The first-order chi connectivity index (χ1) is 16.2. The first kappa shape index (κ1) is 25.1. The normalized spacial score (nSPS) is 17.5. The summed E-state index contributed by atoms with van der Waals surface area (Å²) < 4.78 is 11.2. The molecular formula is C27H32N2O5. The van der Waals surface area contributed by atoms with Gasteiger partial charge in [0.2, 0.25) is 0 Å². The third kappa shape index (κ3) is 5.66. The Balaban J connectivity index is 2.04. The molecule has 0 spiro atoms. The van der Waals surface area contributed by atoms with Gasteiger partial charge in [-0.25, -0.2) is 0 Å². The molecule has 3 rings (SSSR count). The second kappa shape index (κ2) is 11.0. The van der Waals surface area contributed by atoms with Crippen LogP contribution in [0.5, 0.6) is 11.5 Å². The van der Waals surface area contributed by atoms with Crippen molar-refractivity contribution in [3.05, 3.63) is 77.9 Å². The Morgan fingerprint density at radius 1 is 1.09 bits per heavy atom. The van der Waals surface area contributed by atoms with Crippen LogP contribution in [-0.4, -0.2) is 66.5 Å². The van der Waals surface area contributed by atoms with Gasteiger partial charge in [0.25, 0.3) is 11.7 Å². The third-order valence-corrected chi connectivity index (χ3v) is 5.39. The molecule has 1 heterocycles. The van der Waals surface area contributed by atoms with E-state index in [1.807, 2.05) is 57.1 Å². The Hall–Kier alpha value is -3.58. The van der Waals surface area contributed by atoms with Crippen molar-refractivity contribution >= 4 is 17.4 Å². The maximum atomic E-state index is 13.1. The molecule has 1 N–H and O–H groups in total. The quantitative estimate of drug-likeness (QED) is 0.248. The van der Waals surface area contributed by atoms with Gasteiger partial charge >= 0.3 is 0 Å². The number of likely N-dealkylation sites (N-methyl/N-ethyl adjacent to an activating group) is 1. The molecule has 1 saturated heterocycles. The molecule has 1 aliphatic heterocycles. The van der Waals surface area contributed by atoms with Crippen molar-refractivity contribution in [1.29, 1.82) is 0 Å². The number of aliphatic hydroxyl groups is 1. The van der Waals surface area contributed by atoms with Crippen LogP contribution in [0, 0.1) is 0 Å². The van der Waals surface area contributed by atoms with Crippen LogP contribution in [0.3, 0.4) is 0 Å². The van der Waals surface area contributed by atoms with Crippen molar-refractivity contribution in [1.82, 2.24) is 9.80 Å². The van der Waals surface area contributed by atoms with E-state index in [2.05, 4.69) is 6.58 Å². The van der Waals surface area contributed by atoms with Gasteiger partial charge in [0.1, 0.15) is 23.9 Å². The number of amides is 1. The maximum absolute atomic E-state index is 13.1. The molecule has 2 aromatic carbocycles. The van der Waals surface area contributed by atoms with Crippen LogP contribution in [-0.2, 0) is 9.59 Å². The molecule has 0 aromatic heterocycles. The number of likely N-dealkylation sites (tertiary alicyclic amines) is 1. The summed E-state index contributed by atoms with van der Waals surface area (Å²) in [6.45, 7) is 8.79. The summed E-state index contributed by atoms with van der Waals surface area (Å²) in [6.07, 6.45) is 1.66. The standard InChI is InChI=1S/C27H32N2O5/c1-6-17-33-21-11-9-20(10-12-21)25(30)23-24(19-7-13-22(14-8-19)34-18(2)3)29(16-15-28(4)5)27(32)26(23)31/h6-14,18,24,30H,1,15-17H2,2-5H3/b25-23+/t24-/m0/s1. The molecule has 180 valence electrons. The van der Waals surface area contributed by atoms with Crippen molar-refractivity contribution < 1.29 is 24.2 Å². The summed E-state index contributed by atoms with van der Waals surface area (Å²) >= 11 is 0. The maximum Gasteiger partial charge on any atom is 0.295 e. The number of ketones is 1. The number of carbonyl (C=O) groups excluding carboxylic acids is 2. The fraction of sp³-hybridized carbons (Fsp3) is 0.333. The Bertz CT molecular complexity index is 1060. The summed E-state index contributed by atoms with van der Waals surface area (Å²) in [5.74, 6) is -0.231. The number of hydrogen-bond donors (Lipinski definition) is 1. The Kier molecular flexibility index (Phi) is 8.12. The highest BCUT2D eigenvalue weighted by Crippen LogP contribution is 2.39. The van der Waals surface area contributed by atoms with Crippen LogP contribution in [0.4, 0.5) is 0 Å². The third-order valence-electron chi connectivity index (χ3n) is 5.39. The van der Waals surface area contributed by atoms with Gasteiger partial charge in [0.15, 0.2) is 0 Å². The summed E-state index contributed by atoms with van der Waals surface area (Å²) in [5.41, 5.74) is 1.23. The van der Waals surface area contributed by atoms with E-state index in [4.69, 9.17) is 9.47 Å². The van der Waals surface area contributed by atoms with E-state index < -0.39 is 17.7 Å². The van der Waals surface area contributed by atoms with Crippen molar-refractivity contribution in [2.45, 2.75) is 26.0 Å². The average Bonchev–Trinajstić information content (AvgIpc) is 3.06. The molecule has 0 bridgehead atoms.